The van der Waals surface area contributed by atoms with Crippen LogP contribution in [0.25, 0.3) is 5.69 Å². The first-order valence-electron chi connectivity index (χ1n) is 8.65. The molecule has 130 valence electrons. The Morgan fingerprint density at radius 1 is 1.20 bits per heavy atom. The van der Waals surface area contributed by atoms with Gasteiger partial charge in [-0.1, -0.05) is 49.0 Å². The van der Waals surface area contributed by atoms with E-state index in [-0.39, 0.29) is 0 Å². The first-order chi connectivity index (χ1) is 12.2. The van der Waals surface area contributed by atoms with Crippen molar-refractivity contribution in [3.05, 3.63) is 47.9 Å². The fourth-order valence-electron chi connectivity index (χ4n) is 2.72. The third-order valence-corrected chi connectivity index (χ3v) is 4.95. The molecular weight excluding hydrogens is 334 g/mol. The Bertz CT molecular complexity index is 838. The summed E-state index contributed by atoms with van der Waals surface area (Å²) in [6, 6.07) is 10.3. The van der Waals surface area contributed by atoms with Crippen LogP contribution < -0.4 is 0 Å². The summed E-state index contributed by atoms with van der Waals surface area (Å²) in [7, 11) is 0. The number of rotatable bonds is 7. The van der Waals surface area contributed by atoms with Gasteiger partial charge in [-0.15, -0.1) is 10.2 Å². The molecule has 6 nitrogen and oxygen atoms in total. The van der Waals surface area contributed by atoms with Gasteiger partial charge in [0.1, 0.15) is 5.82 Å². The van der Waals surface area contributed by atoms with Crippen LogP contribution in [0, 0.1) is 5.92 Å². The Balaban J connectivity index is 1.54. The molecule has 0 spiro atoms. The molecule has 0 atom stereocenters. The quantitative estimate of drug-likeness (QED) is 0.596. The number of thioether (sulfide) groups is 1. The Labute approximate surface area is 151 Å². The zero-order valence-electron chi connectivity index (χ0n) is 14.4. The van der Waals surface area contributed by atoms with Crippen LogP contribution in [-0.2, 0) is 12.2 Å². The van der Waals surface area contributed by atoms with Crippen molar-refractivity contribution in [3.63, 3.8) is 0 Å². The van der Waals surface area contributed by atoms with Gasteiger partial charge in [-0.25, -0.2) is 0 Å². The van der Waals surface area contributed by atoms with Crippen molar-refractivity contribution in [2.24, 2.45) is 5.92 Å². The SMILES string of the molecule is CC(C)Cc1noc(CSc2nnc(C3CC3)n2-c2ccccc2)n1. The average molecular weight is 355 g/mol. The van der Waals surface area contributed by atoms with Crippen molar-refractivity contribution in [2.75, 3.05) is 0 Å². The van der Waals surface area contributed by atoms with Crippen LogP contribution in [0.1, 0.15) is 50.1 Å². The Morgan fingerprint density at radius 3 is 2.72 bits per heavy atom. The van der Waals surface area contributed by atoms with Gasteiger partial charge in [0.05, 0.1) is 5.75 Å². The molecule has 1 aliphatic rings. The molecule has 1 fully saturated rings. The van der Waals surface area contributed by atoms with Crippen LogP contribution in [0.4, 0.5) is 0 Å². The topological polar surface area (TPSA) is 69.6 Å². The van der Waals surface area contributed by atoms with Gasteiger partial charge >= 0.3 is 0 Å². The lowest BCUT2D eigenvalue weighted by molar-refractivity contribution is 0.382. The lowest BCUT2D eigenvalue weighted by Crippen LogP contribution is -2.01. The van der Waals surface area contributed by atoms with Crippen molar-refractivity contribution in [1.29, 1.82) is 0 Å². The molecule has 1 saturated carbocycles. The summed E-state index contributed by atoms with van der Waals surface area (Å²) in [6.45, 7) is 4.29. The van der Waals surface area contributed by atoms with Crippen molar-refractivity contribution in [3.8, 4) is 5.69 Å². The van der Waals surface area contributed by atoms with E-state index in [4.69, 9.17) is 4.52 Å². The van der Waals surface area contributed by atoms with E-state index in [1.807, 2.05) is 18.2 Å². The van der Waals surface area contributed by atoms with Crippen LogP contribution in [0.5, 0.6) is 0 Å². The number of hydrogen-bond donors (Lipinski definition) is 0. The molecule has 0 aliphatic heterocycles. The zero-order chi connectivity index (χ0) is 17.2. The van der Waals surface area contributed by atoms with Crippen LogP contribution in [0.15, 0.2) is 40.0 Å². The molecule has 0 N–H and O–H groups in total. The van der Waals surface area contributed by atoms with Crippen LogP contribution in [-0.4, -0.2) is 24.9 Å². The van der Waals surface area contributed by atoms with E-state index in [0.29, 0.717) is 23.5 Å². The molecule has 25 heavy (non-hydrogen) atoms. The maximum absolute atomic E-state index is 5.36. The molecule has 2 heterocycles. The predicted molar refractivity (Wildman–Crippen MR) is 95.7 cm³/mol. The third kappa shape index (κ3) is 3.76. The molecule has 0 saturated heterocycles. The third-order valence-electron chi connectivity index (χ3n) is 4.04. The molecule has 0 radical (unpaired) electrons. The summed E-state index contributed by atoms with van der Waals surface area (Å²) in [5.41, 5.74) is 1.10. The molecule has 1 aromatic carbocycles. The zero-order valence-corrected chi connectivity index (χ0v) is 15.2. The lowest BCUT2D eigenvalue weighted by Gasteiger charge is -2.08. The maximum atomic E-state index is 5.36. The second-order valence-electron chi connectivity index (χ2n) is 6.78. The van der Waals surface area contributed by atoms with Crippen LogP contribution >= 0.6 is 11.8 Å². The molecule has 3 aromatic rings. The number of nitrogens with zero attached hydrogens (tertiary/aromatic N) is 5. The van der Waals surface area contributed by atoms with E-state index in [2.05, 4.69) is 50.9 Å². The summed E-state index contributed by atoms with van der Waals surface area (Å²) >= 11 is 1.59. The lowest BCUT2D eigenvalue weighted by atomic mass is 10.1. The minimum atomic E-state index is 0.514. The number of para-hydroxylation sites is 1. The molecule has 0 bridgehead atoms. The van der Waals surface area contributed by atoms with Crippen LogP contribution in [0.2, 0.25) is 0 Å². The van der Waals surface area contributed by atoms with Crippen molar-refractivity contribution in [1.82, 2.24) is 24.9 Å². The van der Waals surface area contributed by atoms with Gasteiger partial charge < -0.3 is 4.52 Å². The summed E-state index contributed by atoms with van der Waals surface area (Å²) in [5.74, 6) is 4.11. The van der Waals surface area contributed by atoms with Crippen LogP contribution in [0.3, 0.4) is 0 Å². The summed E-state index contributed by atoms with van der Waals surface area (Å²) < 4.78 is 7.52. The number of hydrogen-bond acceptors (Lipinski definition) is 6. The molecule has 1 aliphatic carbocycles. The highest BCUT2D eigenvalue weighted by atomic mass is 32.2. The fourth-order valence-corrected chi connectivity index (χ4v) is 3.52. The normalized spacial score (nSPS) is 14.4. The highest BCUT2D eigenvalue weighted by molar-refractivity contribution is 7.98. The first kappa shape index (κ1) is 16.3. The van der Waals surface area contributed by atoms with E-state index >= 15 is 0 Å². The van der Waals surface area contributed by atoms with E-state index in [1.54, 1.807) is 11.8 Å². The first-order valence-corrected chi connectivity index (χ1v) is 9.64. The second-order valence-corrected chi connectivity index (χ2v) is 7.72. The van der Waals surface area contributed by atoms with Gasteiger partial charge in [-0.2, -0.15) is 4.98 Å². The average Bonchev–Trinajstić information content (AvgIpc) is 3.21. The van der Waals surface area contributed by atoms with Gasteiger partial charge in [0, 0.05) is 18.0 Å². The molecule has 2 aromatic heterocycles. The van der Waals surface area contributed by atoms with E-state index < -0.39 is 0 Å². The fraction of sp³-hybridized carbons (Fsp3) is 0.444. The Morgan fingerprint density at radius 2 is 2.00 bits per heavy atom. The highest BCUT2D eigenvalue weighted by Crippen LogP contribution is 2.41. The van der Waals surface area contributed by atoms with E-state index in [1.165, 1.54) is 12.8 Å². The molecule has 7 heteroatoms. The van der Waals surface area contributed by atoms with E-state index in [0.717, 1.165) is 28.9 Å². The van der Waals surface area contributed by atoms with Gasteiger partial charge in [-0.05, 0) is 30.9 Å². The minimum Gasteiger partial charge on any atom is -0.338 e. The smallest absolute Gasteiger partial charge is 0.237 e. The molecule has 0 amide bonds. The van der Waals surface area contributed by atoms with Crippen molar-refractivity contribution in [2.45, 2.75) is 49.9 Å². The Kier molecular flexibility index (Phi) is 4.57. The summed E-state index contributed by atoms with van der Waals surface area (Å²) in [4.78, 5) is 4.47. The highest BCUT2D eigenvalue weighted by Gasteiger charge is 2.31. The van der Waals surface area contributed by atoms with Crippen molar-refractivity contribution >= 4 is 11.8 Å². The molecular formula is C18H21N5OS. The predicted octanol–water partition coefficient (Wildman–Crippen LogP) is 4.02. The van der Waals surface area contributed by atoms with Gasteiger partial charge in [0.15, 0.2) is 11.0 Å². The van der Waals surface area contributed by atoms with Crippen molar-refractivity contribution < 1.29 is 4.52 Å². The van der Waals surface area contributed by atoms with Gasteiger partial charge in [0.25, 0.3) is 0 Å². The number of aromatic nitrogens is 5. The molecule has 4 rings (SSSR count). The monoisotopic (exact) mass is 355 g/mol. The minimum absolute atomic E-state index is 0.514. The van der Waals surface area contributed by atoms with Gasteiger partial charge in [0.2, 0.25) is 5.89 Å². The van der Waals surface area contributed by atoms with E-state index in [9.17, 15) is 0 Å². The standard InChI is InChI=1S/C18H21N5OS/c1-12(2)10-15-19-16(24-22-15)11-25-18-21-20-17(13-8-9-13)23(18)14-6-4-3-5-7-14/h3-7,12-13H,8-11H2,1-2H3. The maximum Gasteiger partial charge on any atom is 0.237 e. The Hall–Kier alpha value is -2.15. The van der Waals surface area contributed by atoms with Gasteiger partial charge in [-0.3, -0.25) is 4.57 Å². The second kappa shape index (κ2) is 7.00. The summed E-state index contributed by atoms with van der Waals surface area (Å²) in [5, 5.41) is 13.8. The summed E-state index contributed by atoms with van der Waals surface area (Å²) in [6.07, 6.45) is 3.22. The largest absolute Gasteiger partial charge is 0.338 e. The number of benzene rings is 1. The molecule has 0 unspecified atom stereocenters.